The first-order chi connectivity index (χ1) is 6.83. The number of aliphatic hydroxyl groups excluding tert-OH is 1. The molecule has 0 amide bonds. The van der Waals surface area contributed by atoms with Gasteiger partial charge in [0.2, 0.25) is 0 Å². The highest BCUT2D eigenvalue weighted by Crippen LogP contribution is 2.07. The van der Waals surface area contributed by atoms with Gasteiger partial charge >= 0.3 is 0 Å². The molecule has 0 aromatic rings. The van der Waals surface area contributed by atoms with E-state index in [1.54, 1.807) is 0 Å². The molecule has 1 fully saturated rings. The van der Waals surface area contributed by atoms with Crippen molar-refractivity contribution in [3.05, 3.63) is 0 Å². The topological polar surface area (TPSA) is 35.5 Å². The molecule has 1 saturated heterocycles. The molecule has 0 bridgehead atoms. The predicted octanol–water partition coefficient (Wildman–Crippen LogP) is 0.833. The minimum Gasteiger partial charge on any atom is -0.396 e. The number of hydrogen-bond donors (Lipinski definition) is 2. The third-order valence-corrected chi connectivity index (χ3v) is 2.89. The normalized spacial score (nSPS) is 24.0. The van der Waals surface area contributed by atoms with Gasteiger partial charge in [-0.3, -0.25) is 0 Å². The quantitative estimate of drug-likeness (QED) is 0.624. The maximum Gasteiger partial charge on any atom is 0.0431 e. The number of likely N-dealkylation sites (tertiary alicyclic amines) is 1. The van der Waals surface area contributed by atoms with Crippen LogP contribution >= 0.6 is 0 Å². The Morgan fingerprint density at radius 1 is 1.36 bits per heavy atom. The van der Waals surface area contributed by atoms with Crippen molar-refractivity contribution in [3.63, 3.8) is 0 Å². The minimum atomic E-state index is 0.339. The number of aliphatic hydroxyl groups is 1. The lowest BCUT2D eigenvalue weighted by atomic mass is 10.1. The lowest BCUT2D eigenvalue weighted by Crippen LogP contribution is -2.44. The van der Waals surface area contributed by atoms with Crippen molar-refractivity contribution in [2.75, 3.05) is 33.3 Å². The molecule has 0 aromatic carbocycles. The fourth-order valence-electron chi connectivity index (χ4n) is 2.05. The zero-order valence-electron chi connectivity index (χ0n) is 9.34. The number of hydrogen-bond acceptors (Lipinski definition) is 3. The number of nitrogens with zero attached hydrogens (tertiary/aromatic N) is 1. The molecule has 0 spiro atoms. The van der Waals surface area contributed by atoms with Gasteiger partial charge in [-0.15, -0.1) is 0 Å². The monoisotopic (exact) mass is 200 g/mol. The summed E-state index contributed by atoms with van der Waals surface area (Å²) in [6, 6.07) is 0.697. The van der Waals surface area contributed by atoms with Gasteiger partial charge in [-0.25, -0.2) is 0 Å². The fraction of sp³-hybridized carbons (Fsp3) is 1.00. The van der Waals surface area contributed by atoms with Gasteiger partial charge in [0.1, 0.15) is 0 Å². The Bertz CT molecular complexity index is 141. The summed E-state index contributed by atoms with van der Waals surface area (Å²) >= 11 is 0. The zero-order valence-corrected chi connectivity index (χ0v) is 9.34. The van der Waals surface area contributed by atoms with E-state index < -0.39 is 0 Å². The third-order valence-electron chi connectivity index (χ3n) is 2.89. The van der Waals surface area contributed by atoms with E-state index in [0.29, 0.717) is 12.6 Å². The predicted molar refractivity (Wildman–Crippen MR) is 59.5 cm³/mol. The van der Waals surface area contributed by atoms with Crippen molar-refractivity contribution in [1.29, 1.82) is 0 Å². The molecule has 3 nitrogen and oxygen atoms in total. The SMILES string of the molecule is CN1CCCC(NCCCCCO)C1. The standard InChI is InChI=1S/C11H24N2O/c1-13-8-5-6-11(10-13)12-7-3-2-4-9-14/h11-12,14H,2-10H2,1H3. The van der Waals surface area contributed by atoms with Gasteiger partial charge in [0.25, 0.3) is 0 Å². The van der Waals surface area contributed by atoms with Crippen LogP contribution in [0.2, 0.25) is 0 Å². The Hall–Kier alpha value is -0.120. The molecule has 3 heteroatoms. The number of unbranched alkanes of at least 4 members (excludes halogenated alkanes) is 2. The second-order valence-electron chi connectivity index (χ2n) is 4.34. The summed E-state index contributed by atoms with van der Waals surface area (Å²) in [7, 11) is 2.19. The molecule has 84 valence electrons. The van der Waals surface area contributed by atoms with Gasteiger partial charge in [-0.05, 0) is 52.2 Å². The maximum absolute atomic E-state index is 8.62. The van der Waals surface area contributed by atoms with Crippen LogP contribution in [0.15, 0.2) is 0 Å². The van der Waals surface area contributed by atoms with Crippen molar-refractivity contribution < 1.29 is 5.11 Å². The van der Waals surface area contributed by atoms with Gasteiger partial charge in [0, 0.05) is 19.2 Å². The number of nitrogens with one attached hydrogen (secondary N) is 1. The van der Waals surface area contributed by atoms with E-state index in [1.807, 2.05) is 0 Å². The molecule has 14 heavy (non-hydrogen) atoms. The summed E-state index contributed by atoms with van der Waals surface area (Å²) in [6.45, 7) is 3.90. The average molecular weight is 200 g/mol. The summed E-state index contributed by atoms with van der Waals surface area (Å²) in [5.41, 5.74) is 0. The van der Waals surface area contributed by atoms with Crippen LogP contribution < -0.4 is 5.32 Å². The molecule has 2 N–H and O–H groups in total. The Kier molecular flexibility index (Phi) is 6.15. The van der Waals surface area contributed by atoms with Gasteiger partial charge in [-0.2, -0.15) is 0 Å². The van der Waals surface area contributed by atoms with Crippen molar-refractivity contribution >= 4 is 0 Å². The van der Waals surface area contributed by atoms with Crippen LogP contribution in [0.25, 0.3) is 0 Å². The first-order valence-electron chi connectivity index (χ1n) is 5.85. The van der Waals surface area contributed by atoms with Gasteiger partial charge in [-0.1, -0.05) is 0 Å². The van der Waals surface area contributed by atoms with E-state index in [1.165, 1.54) is 32.4 Å². The van der Waals surface area contributed by atoms with E-state index in [9.17, 15) is 0 Å². The smallest absolute Gasteiger partial charge is 0.0431 e. The highest BCUT2D eigenvalue weighted by molar-refractivity contribution is 4.75. The van der Waals surface area contributed by atoms with Crippen molar-refractivity contribution in [1.82, 2.24) is 10.2 Å². The van der Waals surface area contributed by atoms with Crippen molar-refractivity contribution in [3.8, 4) is 0 Å². The van der Waals surface area contributed by atoms with Crippen molar-refractivity contribution in [2.24, 2.45) is 0 Å². The van der Waals surface area contributed by atoms with Crippen LogP contribution in [0, 0.1) is 0 Å². The molecule has 1 rings (SSSR count). The Labute approximate surface area is 87.5 Å². The lowest BCUT2D eigenvalue weighted by molar-refractivity contribution is 0.226. The Balaban J connectivity index is 1.95. The molecule has 1 atom stereocenters. The van der Waals surface area contributed by atoms with E-state index in [-0.39, 0.29) is 0 Å². The first-order valence-corrected chi connectivity index (χ1v) is 5.85. The molecule has 1 heterocycles. The Morgan fingerprint density at radius 3 is 2.93 bits per heavy atom. The second kappa shape index (κ2) is 7.21. The summed E-state index contributed by atoms with van der Waals surface area (Å²) in [5, 5.41) is 12.2. The third kappa shape index (κ3) is 4.94. The first kappa shape index (κ1) is 12.0. The van der Waals surface area contributed by atoms with E-state index in [2.05, 4.69) is 17.3 Å². The van der Waals surface area contributed by atoms with Crippen LogP contribution in [0.4, 0.5) is 0 Å². The molecule has 1 aliphatic rings. The molecule has 0 aromatic heterocycles. The van der Waals surface area contributed by atoms with E-state index in [4.69, 9.17) is 5.11 Å². The minimum absolute atomic E-state index is 0.339. The molecule has 1 aliphatic heterocycles. The average Bonchev–Trinajstić information content (AvgIpc) is 2.18. The molecule has 0 radical (unpaired) electrons. The van der Waals surface area contributed by atoms with Crippen LogP contribution in [-0.4, -0.2) is 49.3 Å². The molecular weight excluding hydrogens is 176 g/mol. The van der Waals surface area contributed by atoms with Crippen molar-refractivity contribution in [2.45, 2.75) is 38.1 Å². The lowest BCUT2D eigenvalue weighted by Gasteiger charge is -2.30. The number of likely N-dealkylation sites (N-methyl/N-ethyl adjacent to an activating group) is 1. The summed E-state index contributed by atoms with van der Waals surface area (Å²) < 4.78 is 0. The van der Waals surface area contributed by atoms with Gasteiger partial charge in [0.05, 0.1) is 0 Å². The van der Waals surface area contributed by atoms with Gasteiger partial charge in [0.15, 0.2) is 0 Å². The highest BCUT2D eigenvalue weighted by atomic mass is 16.2. The van der Waals surface area contributed by atoms with Crippen LogP contribution in [0.3, 0.4) is 0 Å². The second-order valence-corrected chi connectivity index (χ2v) is 4.34. The molecule has 1 unspecified atom stereocenters. The van der Waals surface area contributed by atoms with E-state index in [0.717, 1.165) is 19.4 Å². The number of rotatable bonds is 6. The van der Waals surface area contributed by atoms with Crippen LogP contribution in [-0.2, 0) is 0 Å². The zero-order chi connectivity index (χ0) is 10.2. The fourth-order valence-corrected chi connectivity index (χ4v) is 2.05. The largest absolute Gasteiger partial charge is 0.396 e. The highest BCUT2D eigenvalue weighted by Gasteiger charge is 2.15. The summed E-state index contributed by atoms with van der Waals surface area (Å²) in [4.78, 5) is 2.40. The van der Waals surface area contributed by atoms with Gasteiger partial charge < -0.3 is 15.3 Å². The summed E-state index contributed by atoms with van der Waals surface area (Å²) in [5.74, 6) is 0. The molecule has 0 aliphatic carbocycles. The molecular formula is C11H24N2O. The maximum atomic E-state index is 8.62. The number of piperidine rings is 1. The van der Waals surface area contributed by atoms with Crippen LogP contribution in [0.5, 0.6) is 0 Å². The molecule has 0 saturated carbocycles. The van der Waals surface area contributed by atoms with E-state index >= 15 is 0 Å². The summed E-state index contributed by atoms with van der Waals surface area (Å²) in [6.07, 6.45) is 5.94. The Morgan fingerprint density at radius 2 is 2.21 bits per heavy atom. The van der Waals surface area contributed by atoms with Crippen LogP contribution in [0.1, 0.15) is 32.1 Å².